The van der Waals surface area contributed by atoms with Crippen LogP contribution in [0.1, 0.15) is 30.0 Å². The van der Waals surface area contributed by atoms with Gasteiger partial charge < -0.3 is 25.1 Å². The van der Waals surface area contributed by atoms with Gasteiger partial charge in [0, 0.05) is 30.7 Å². The summed E-state index contributed by atoms with van der Waals surface area (Å²) in [4.78, 5) is 10.6. The number of rotatable bonds is 6. The van der Waals surface area contributed by atoms with Gasteiger partial charge in [0.05, 0.1) is 6.61 Å². The summed E-state index contributed by atoms with van der Waals surface area (Å²) in [5, 5.41) is 8.69. The summed E-state index contributed by atoms with van der Waals surface area (Å²) in [5.74, 6) is 0.387. The number of hydrogen-bond acceptors (Lipinski definition) is 5. The fraction of sp³-hybridized carbons (Fsp3) is 0.462. The van der Waals surface area contributed by atoms with Crippen molar-refractivity contribution in [3.63, 3.8) is 0 Å². The highest BCUT2D eigenvalue weighted by Crippen LogP contribution is 2.42. The Bertz CT molecular complexity index is 474. The molecule has 0 radical (unpaired) electrons. The van der Waals surface area contributed by atoms with Crippen LogP contribution in [0.3, 0.4) is 0 Å². The van der Waals surface area contributed by atoms with Crippen molar-refractivity contribution in [1.82, 2.24) is 0 Å². The summed E-state index contributed by atoms with van der Waals surface area (Å²) in [6.45, 7) is 0.574. The quantitative estimate of drug-likeness (QED) is 0.810. The minimum atomic E-state index is -0.861. The number of nitrogens with two attached hydrogens (primary N) is 1. The third kappa shape index (κ3) is 2.97. The Kier molecular flexibility index (Phi) is 4.24. The third-order valence-electron chi connectivity index (χ3n) is 3.00. The third-order valence-corrected chi connectivity index (χ3v) is 3.00. The molecule has 104 valence electrons. The van der Waals surface area contributed by atoms with Crippen LogP contribution < -0.4 is 15.2 Å². The van der Waals surface area contributed by atoms with Crippen molar-refractivity contribution in [2.75, 3.05) is 13.9 Å². The minimum Gasteiger partial charge on any atom is -0.481 e. The Morgan fingerprint density at radius 3 is 2.89 bits per heavy atom. The highest BCUT2D eigenvalue weighted by molar-refractivity contribution is 5.66. The first-order valence-electron chi connectivity index (χ1n) is 6.01. The molecule has 0 spiro atoms. The number of benzene rings is 1. The van der Waals surface area contributed by atoms with Crippen molar-refractivity contribution in [1.29, 1.82) is 0 Å². The maximum atomic E-state index is 10.6. The molecule has 1 aliphatic heterocycles. The molecular weight excluding hydrogens is 250 g/mol. The SMILES string of the molecule is COCc1ccc(C(N)CCC(=O)O)c2c1OCO2. The number of methoxy groups -OCH3 is 1. The van der Waals surface area contributed by atoms with E-state index in [2.05, 4.69) is 0 Å². The lowest BCUT2D eigenvalue weighted by atomic mass is 9.99. The molecule has 1 unspecified atom stereocenters. The van der Waals surface area contributed by atoms with Gasteiger partial charge in [-0.2, -0.15) is 0 Å². The average molecular weight is 267 g/mol. The van der Waals surface area contributed by atoms with E-state index in [1.165, 1.54) is 0 Å². The highest BCUT2D eigenvalue weighted by atomic mass is 16.7. The molecule has 0 aromatic heterocycles. The van der Waals surface area contributed by atoms with Crippen LogP contribution in [0.15, 0.2) is 12.1 Å². The second-order valence-corrected chi connectivity index (χ2v) is 4.35. The van der Waals surface area contributed by atoms with Crippen molar-refractivity contribution < 1.29 is 24.1 Å². The Balaban J connectivity index is 2.22. The van der Waals surface area contributed by atoms with Crippen molar-refractivity contribution in [2.24, 2.45) is 5.73 Å². The maximum Gasteiger partial charge on any atom is 0.303 e. The van der Waals surface area contributed by atoms with E-state index >= 15 is 0 Å². The van der Waals surface area contributed by atoms with Gasteiger partial charge in [-0.1, -0.05) is 12.1 Å². The zero-order chi connectivity index (χ0) is 13.8. The number of fused-ring (bicyclic) bond motifs is 1. The van der Waals surface area contributed by atoms with Gasteiger partial charge in [-0.05, 0) is 6.42 Å². The maximum absolute atomic E-state index is 10.6. The number of ether oxygens (including phenoxy) is 3. The Hall–Kier alpha value is -1.79. The molecular formula is C13H17NO5. The van der Waals surface area contributed by atoms with Gasteiger partial charge >= 0.3 is 5.97 Å². The summed E-state index contributed by atoms with van der Waals surface area (Å²) in [6, 6.07) is 3.32. The summed E-state index contributed by atoms with van der Waals surface area (Å²) in [5.41, 5.74) is 7.67. The largest absolute Gasteiger partial charge is 0.481 e. The number of carboxylic acids is 1. The number of aliphatic carboxylic acids is 1. The molecule has 0 bridgehead atoms. The molecule has 0 saturated carbocycles. The monoisotopic (exact) mass is 267 g/mol. The van der Waals surface area contributed by atoms with E-state index in [0.717, 1.165) is 11.1 Å². The molecule has 0 aliphatic carbocycles. The Morgan fingerprint density at radius 2 is 2.21 bits per heavy atom. The second kappa shape index (κ2) is 5.90. The van der Waals surface area contributed by atoms with Crippen molar-refractivity contribution in [2.45, 2.75) is 25.5 Å². The lowest BCUT2D eigenvalue weighted by molar-refractivity contribution is -0.137. The van der Waals surface area contributed by atoms with Crippen molar-refractivity contribution in [3.8, 4) is 11.5 Å². The normalized spacial score (nSPS) is 14.4. The smallest absolute Gasteiger partial charge is 0.303 e. The zero-order valence-electron chi connectivity index (χ0n) is 10.7. The molecule has 6 nitrogen and oxygen atoms in total. The number of carboxylic acid groups (broad SMARTS) is 1. The van der Waals surface area contributed by atoms with E-state index in [1.807, 2.05) is 12.1 Å². The minimum absolute atomic E-state index is 0.0244. The van der Waals surface area contributed by atoms with Crippen molar-refractivity contribution >= 4 is 5.97 Å². The van der Waals surface area contributed by atoms with Gasteiger partial charge in [0.2, 0.25) is 6.79 Å². The molecule has 0 fully saturated rings. The standard InChI is InChI=1S/C13H17NO5/c1-17-6-8-2-3-9(10(14)4-5-11(15)16)13-12(8)18-7-19-13/h2-3,10H,4-7,14H2,1H3,(H,15,16). The molecule has 0 amide bonds. The van der Waals surface area contributed by atoms with Crippen LogP contribution in [-0.4, -0.2) is 25.0 Å². The van der Waals surface area contributed by atoms with Crippen LogP contribution in [0.25, 0.3) is 0 Å². The number of carbonyl (C=O) groups is 1. The van der Waals surface area contributed by atoms with Crippen LogP contribution in [0.2, 0.25) is 0 Å². The van der Waals surface area contributed by atoms with E-state index in [4.69, 9.17) is 25.1 Å². The molecule has 1 aliphatic rings. The molecule has 6 heteroatoms. The molecule has 0 saturated heterocycles. The van der Waals surface area contributed by atoms with Crippen LogP contribution in [-0.2, 0) is 16.1 Å². The first-order chi connectivity index (χ1) is 9.13. The van der Waals surface area contributed by atoms with E-state index < -0.39 is 5.97 Å². The van der Waals surface area contributed by atoms with E-state index in [9.17, 15) is 4.79 Å². The van der Waals surface area contributed by atoms with E-state index in [1.54, 1.807) is 7.11 Å². The van der Waals surface area contributed by atoms with Gasteiger partial charge in [-0.3, -0.25) is 4.79 Å². The van der Waals surface area contributed by atoms with Gasteiger partial charge in [0.15, 0.2) is 11.5 Å². The van der Waals surface area contributed by atoms with Crippen LogP contribution in [0, 0.1) is 0 Å². The lowest BCUT2D eigenvalue weighted by Gasteiger charge is -2.15. The first kappa shape index (κ1) is 13.6. The van der Waals surface area contributed by atoms with Gasteiger partial charge in [-0.15, -0.1) is 0 Å². The van der Waals surface area contributed by atoms with E-state index in [-0.39, 0.29) is 19.3 Å². The first-order valence-corrected chi connectivity index (χ1v) is 6.01. The highest BCUT2D eigenvalue weighted by Gasteiger charge is 2.24. The zero-order valence-corrected chi connectivity index (χ0v) is 10.7. The van der Waals surface area contributed by atoms with Crippen LogP contribution >= 0.6 is 0 Å². The molecule has 19 heavy (non-hydrogen) atoms. The summed E-state index contributed by atoms with van der Waals surface area (Å²) < 4.78 is 16.0. The van der Waals surface area contributed by atoms with Gasteiger partial charge in [0.1, 0.15) is 0 Å². The molecule has 1 aromatic carbocycles. The van der Waals surface area contributed by atoms with Gasteiger partial charge in [0.25, 0.3) is 0 Å². The fourth-order valence-electron chi connectivity index (χ4n) is 2.07. The van der Waals surface area contributed by atoms with Crippen LogP contribution in [0.4, 0.5) is 0 Å². The summed E-state index contributed by atoms with van der Waals surface area (Å²) in [6.07, 6.45) is 0.380. The predicted octanol–water partition coefficient (Wildman–Crippen LogP) is 1.43. The molecule has 1 aromatic rings. The predicted molar refractivity (Wildman–Crippen MR) is 67.1 cm³/mol. The lowest BCUT2D eigenvalue weighted by Crippen LogP contribution is -2.13. The van der Waals surface area contributed by atoms with Crippen LogP contribution in [0.5, 0.6) is 11.5 Å². The Labute approximate surface area is 111 Å². The molecule has 3 N–H and O–H groups in total. The topological polar surface area (TPSA) is 91.0 Å². The molecule has 1 atom stereocenters. The number of hydrogen-bond donors (Lipinski definition) is 2. The van der Waals surface area contributed by atoms with Gasteiger partial charge in [-0.25, -0.2) is 0 Å². The average Bonchev–Trinajstić information content (AvgIpc) is 2.86. The summed E-state index contributed by atoms with van der Waals surface area (Å²) in [7, 11) is 1.61. The summed E-state index contributed by atoms with van der Waals surface area (Å²) >= 11 is 0. The van der Waals surface area contributed by atoms with Crippen molar-refractivity contribution in [3.05, 3.63) is 23.3 Å². The second-order valence-electron chi connectivity index (χ2n) is 4.35. The fourth-order valence-corrected chi connectivity index (χ4v) is 2.07. The molecule has 1 heterocycles. The molecule has 2 rings (SSSR count). The Morgan fingerprint density at radius 1 is 1.47 bits per heavy atom. The van der Waals surface area contributed by atoms with E-state index in [0.29, 0.717) is 24.5 Å².